The molecular weight excluding hydrogens is 340 g/mol. The molecule has 27 heavy (non-hydrogen) atoms. The van der Waals surface area contributed by atoms with Gasteiger partial charge in [-0.3, -0.25) is 4.79 Å². The minimum absolute atomic E-state index is 0.00747. The van der Waals surface area contributed by atoms with Crippen LogP contribution in [0.5, 0.6) is 5.75 Å². The summed E-state index contributed by atoms with van der Waals surface area (Å²) < 4.78 is 0. The van der Waals surface area contributed by atoms with E-state index in [-0.39, 0.29) is 17.5 Å². The molecule has 4 heteroatoms. The Morgan fingerprint density at radius 2 is 1.81 bits per heavy atom. The summed E-state index contributed by atoms with van der Waals surface area (Å²) in [5.41, 5.74) is -1.04. The lowest BCUT2D eigenvalue weighted by Crippen LogP contribution is -2.62. The Kier molecular flexibility index (Phi) is 3.99. The number of fused-ring (bicyclic) bond motifs is 3. The number of benzene rings is 2. The summed E-state index contributed by atoms with van der Waals surface area (Å²) >= 11 is 0. The second-order valence-electron chi connectivity index (χ2n) is 8.44. The van der Waals surface area contributed by atoms with Crippen molar-refractivity contribution >= 4 is 5.78 Å². The van der Waals surface area contributed by atoms with E-state index in [1.165, 1.54) is 6.07 Å². The molecule has 0 bridgehead atoms. The van der Waals surface area contributed by atoms with Gasteiger partial charge in [-0.2, -0.15) is 0 Å². The average molecular weight is 366 g/mol. The number of hydrogen-bond acceptors (Lipinski definition) is 4. The van der Waals surface area contributed by atoms with Crippen molar-refractivity contribution in [1.82, 2.24) is 0 Å². The number of Topliss-reactive ketones (excluding diaryl/α,β-unsaturated/α-hetero) is 1. The van der Waals surface area contributed by atoms with Crippen LogP contribution in [0.4, 0.5) is 0 Å². The first kappa shape index (κ1) is 18.2. The highest BCUT2D eigenvalue weighted by Crippen LogP contribution is 2.60. The molecule has 4 rings (SSSR count). The number of aliphatic hydroxyl groups is 2. The Labute approximate surface area is 159 Å². The van der Waals surface area contributed by atoms with Crippen LogP contribution < -0.4 is 0 Å². The molecule has 0 heterocycles. The summed E-state index contributed by atoms with van der Waals surface area (Å²) in [6, 6.07) is 14.2. The van der Waals surface area contributed by atoms with Crippen LogP contribution in [0.2, 0.25) is 0 Å². The molecule has 1 fully saturated rings. The number of carbonyl (C=O) groups is 1. The molecule has 3 unspecified atom stereocenters. The molecule has 4 nitrogen and oxygen atoms in total. The Bertz CT molecular complexity index is 889. The highest BCUT2D eigenvalue weighted by atomic mass is 16.4. The number of carbonyl (C=O) groups excluding carboxylic acids is 1. The molecule has 0 aliphatic heterocycles. The molecule has 2 aromatic rings. The second kappa shape index (κ2) is 5.91. The molecule has 4 atom stereocenters. The van der Waals surface area contributed by atoms with E-state index in [1.54, 1.807) is 13.0 Å². The molecule has 0 saturated heterocycles. The Balaban J connectivity index is 1.87. The fourth-order valence-corrected chi connectivity index (χ4v) is 5.54. The van der Waals surface area contributed by atoms with Crippen LogP contribution in [0.15, 0.2) is 48.5 Å². The summed E-state index contributed by atoms with van der Waals surface area (Å²) in [7, 11) is 0. The Morgan fingerprint density at radius 1 is 1.11 bits per heavy atom. The van der Waals surface area contributed by atoms with Crippen LogP contribution in [-0.4, -0.2) is 26.7 Å². The van der Waals surface area contributed by atoms with E-state index < -0.39 is 16.6 Å². The SMILES string of the molecule is CCC12CC(C)(O)C(O)(c3ccccc3)C[C@H]1CC(=O)c1cc(O)ccc12. The van der Waals surface area contributed by atoms with Gasteiger partial charge in [0.1, 0.15) is 11.4 Å². The quantitative estimate of drug-likeness (QED) is 0.758. The van der Waals surface area contributed by atoms with Crippen molar-refractivity contribution in [2.45, 2.75) is 56.1 Å². The van der Waals surface area contributed by atoms with Crippen molar-refractivity contribution in [3.8, 4) is 5.75 Å². The van der Waals surface area contributed by atoms with Crippen LogP contribution in [0.3, 0.4) is 0 Å². The van der Waals surface area contributed by atoms with Crippen molar-refractivity contribution in [3.05, 3.63) is 65.2 Å². The van der Waals surface area contributed by atoms with Crippen LogP contribution in [0.25, 0.3) is 0 Å². The summed E-state index contributed by atoms with van der Waals surface area (Å²) in [4.78, 5) is 12.8. The summed E-state index contributed by atoms with van der Waals surface area (Å²) in [5.74, 6) is -0.000401. The highest BCUT2D eigenvalue weighted by Gasteiger charge is 2.61. The van der Waals surface area contributed by atoms with Crippen LogP contribution in [-0.2, 0) is 11.0 Å². The van der Waals surface area contributed by atoms with Gasteiger partial charge in [0.05, 0.1) is 5.60 Å². The number of phenolic OH excluding ortho intramolecular Hbond substituents is 1. The van der Waals surface area contributed by atoms with Gasteiger partial charge in [-0.1, -0.05) is 43.3 Å². The summed E-state index contributed by atoms with van der Waals surface area (Å²) in [5, 5.41) is 32.9. The van der Waals surface area contributed by atoms with E-state index in [9.17, 15) is 20.1 Å². The molecule has 2 aliphatic carbocycles. The van der Waals surface area contributed by atoms with Gasteiger partial charge in [0.25, 0.3) is 0 Å². The molecular formula is C23H26O4. The van der Waals surface area contributed by atoms with Gasteiger partial charge in [-0.15, -0.1) is 0 Å². The zero-order chi connectivity index (χ0) is 19.4. The van der Waals surface area contributed by atoms with Crippen LogP contribution in [0.1, 0.15) is 61.0 Å². The first-order valence-electron chi connectivity index (χ1n) is 9.60. The third kappa shape index (κ3) is 2.47. The molecule has 2 aliphatic rings. The molecule has 1 saturated carbocycles. The maximum Gasteiger partial charge on any atom is 0.163 e. The monoisotopic (exact) mass is 366 g/mol. The van der Waals surface area contributed by atoms with Crippen molar-refractivity contribution < 1.29 is 20.1 Å². The molecule has 0 spiro atoms. The number of phenols is 1. The van der Waals surface area contributed by atoms with Gasteiger partial charge in [0.15, 0.2) is 5.78 Å². The third-order valence-corrected chi connectivity index (χ3v) is 7.03. The van der Waals surface area contributed by atoms with Crippen LogP contribution >= 0.6 is 0 Å². The molecule has 2 aromatic carbocycles. The summed E-state index contributed by atoms with van der Waals surface area (Å²) in [6.07, 6.45) is 1.75. The minimum atomic E-state index is -1.41. The van der Waals surface area contributed by atoms with E-state index in [1.807, 2.05) is 36.4 Å². The van der Waals surface area contributed by atoms with Gasteiger partial charge < -0.3 is 15.3 Å². The van der Waals surface area contributed by atoms with Gasteiger partial charge in [0, 0.05) is 17.4 Å². The van der Waals surface area contributed by atoms with Crippen molar-refractivity contribution in [3.63, 3.8) is 0 Å². The fraction of sp³-hybridized carbons (Fsp3) is 0.435. The van der Waals surface area contributed by atoms with Crippen LogP contribution in [0, 0.1) is 5.92 Å². The lowest BCUT2D eigenvalue weighted by molar-refractivity contribution is -0.203. The molecule has 0 amide bonds. The topological polar surface area (TPSA) is 77.8 Å². The molecule has 3 N–H and O–H groups in total. The van der Waals surface area contributed by atoms with Gasteiger partial charge >= 0.3 is 0 Å². The van der Waals surface area contributed by atoms with Crippen molar-refractivity contribution in [2.24, 2.45) is 5.92 Å². The second-order valence-corrected chi connectivity index (χ2v) is 8.44. The maximum absolute atomic E-state index is 12.8. The predicted octanol–water partition coefficient (Wildman–Crippen LogP) is 3.68. The zero-order valence-electron chi connectivity index (χ0n) is 15.8. The smallest absolute Gasteiger partial charge is 0.163 e. The number of ketones is 1. The third-order valence-electron chi connectivity index (χ3n) is 7.03. The molecule has 142 valence electrons. The fourth-order valence-electron chi connectivity index (χ4n) is 5.54. The van der Waals surface area contributed by atoms with Gasteiger partial charge in [0.2, 0.25) is 0 Å². The van der Waals surface area contributed by atoms with Crippen molar-refractivity contribution in [2.75, 3.05) is 0 Å². The normalized spacial score (nSPS) is 35.4. The molecule has 0 radical (unpaired) electrons. The predicted molar refractivity (Wildman–Crippen MR) is 103 cm³/mol. The van der Waals surface area contributed by atoms with E-state index in [0.29, 0.717) is 30.4 Å². The van der Waals surface area contributed by atoms with Gasteiger partial charge in [-0.25, -0.2) is 0 Å². The van der Waals surface area contributed by atoms with Crippen molar-refractivity contribution in [1.29, 1.82) is 0 Å². The zero-order valence-corrected chi connectivity index (χ0v) is 15.8. The first-order chi connectivity index (χ1) is 12.7. The number of rotatable bonds is 2. The largest absolute Gasteiger partial charge is 0.508 e. The first-order valence-corrected chi connectivity index (χ1v) is 9.60. The minimum Gasteiger partial charge on any atom is -0.508 e. The summed E-state index contributed by atoms with van der Waals surface area (Å²) in [6.45, 7) is 3.77. The number of hydrogen-bond donors (Lipinski definition) is 3. The van der Waals surface area contributed by atoms with E-state index in [2.05, 4.69) is 6.92 Å². The van der Waals surface area contributed by atoms with Gasteiger partial charge in [-0.05, 0) is 55.4 Å². The number of aromatic hydroxyl groups is 1. The lowest BCUT2D eigenvalue weighted by Gasteiger charge is -2.58. The maximum atomic E-state index is 12.8. The standard InChI is InChI=1S/C23H26O4/c1-3-22-14-21(2,26)23(27,15-7-5-4-6-8-15)13-16(22)11-20(25)18-12-17(24)9-10-19(18)22/h4-10,12,16,24,26-27H,3,11,13-14H2,1-2H3/t16-,21?,22?,23?/m1/s1. The van der Waals surface area contributed by atoms with E-state index in [0.717, 1.165) is 12.0 Å². The van der Waals surface area contributed by atoms with E-state index >= 15 is 0 Å². The molecule has 0 aromatic heterocycles. The Morgan fingerprint density at radius 3 is 2.48 bits per heavy atom. The average Bonchev–Trinajstić information content (AvgIpc) is 2.64. The Hall–Kier alpha value is -2.17. The lowest BCUT2D eigenvalue weighted by atomic mass is 9.48. The van der Waals surface area contributed by atoms with E-state index in [4.69, 9.17) is 0 Å². The highest BCUT2D eigenvalue weighted by molar-refractivity contribution is 6.00.